The maximum atomic E-state index is 13.6. The van der Waals surface area contributed by atoms with Gasteiger partial charge >= 0.3 is 6.18 Å². The number of alkyl halides is 3. The topological polar surface area (TPSA) is 59.3 Å². The largest absolute Gasteiger partial charge is 0.433 e. The Labute approximate surface area is 169 Å². The Bertz CT molecular complexity index is 1120. The molecule has 0 aliphatic carbocycles. The number of aromatic nitrogens is 3. The van der Waals surface area contributed by atoms with Gasteiger partial charge in [0.2, 0.25) is 0 Å². The highest BCUT2D eigenvalue weighted by molar-refractivity contribution is 6.30. The molecular formula is C20H16ClF3N4O. The summed E-state index contributed by atoms with van der Waals surface area (Å²) >= 11 is 5.84. The van der Waals surface area contributed by atoms with E-state index in [-0.39, 0.29) is 17.0 Å². The number of benzene rings is 1. The highest BCUT2D eigenvalue weighted by atomic mass is 35.5. The molecule has 1 N–H and O–H groups in total. The van der Waals surface area contributed by atoms with Crippen LogP contribution in [0.2, 0.25) is 5.02 Å². The van der Waals surface area contributed by atoms with Gasteiger partial charge in [0.1, 0.15) is 0 Å². The first-order valence-electron chi connectivity index (χ1n) is 8.60. The quantitative estimate of drug-likeness (QED) is 0.627. The summed E-state index contributed by atoms with van der Waals surface area (Å²) < 4.78 is 41.5. The van der Waals surface area contributed by atoms with E-state index in [1.165, 1.54) is 6.07 Å². The van der Waals surface area contributed by atoms with E-state index >= 15 is 0 Å². The lowest BCUT2D eigenvalue weighted by Gasteiger charge is -2.22. The lowest BCUT2D eigenvalue weighted by Crippen LogP contribution is -2.44. The van der Waals surface area contributed by atoms with Gasteiger partial charge in [0.05, 0.1) is 11.2 Å². The van der Waals surface area contributed by atoms with E-state index in [1.807, 2.05) is 0 Å². The van der Waals surface area contributed by atoms with E-state index < -0.39 is 23.3 Å². The number of hydrogen-bond acceptors (Lipinski definition) is 3. The van der Waals surface area contributed by atoms with Crippen molar-refractivity contribution in [1.29, 1.82) is 0 Å². The third-order valence-corrected chi connectivity index (χ3v) is 4.76. The predicted octanol–water partition coefficient (Wildman–Crippen LogP) is 4.60. The van der Waals surface area contributed by atoms with Gasteiger partial charge in [0.25, 0.3) is 5.91 Å². The number of nitrogens with one attached hydrogen (secondary N) is 1. The minimum Gasteiger partial charge on any atom is -0.335 e. The number of terminal acetylenes is 1. The van der Waals surface area contributed by atoms with Crippen LogP contribution < -0.4 is 5.32 Å². The molecule has 3 aromatic rings. The van der Waals surface area contributed by atoms with Crippen molar-refractivity contribution in [2.45, 2.75) is 32.0 Å². The van der Waals surface area contributed by atoms with Gasteiger partial charge in [-0.3, -0.25) is 4.79 Å². The van der Waals surface area contributed by atoms with E-state index in [4.69, 9.17) is 18.0 Å². The molecule has 5 nitrogen and oxygen atoms in total. The monoisotopic (exact) mass is 420 g/mol. The Kier molecular flexibility index (Phi) is 5.28. The molecular weight excluding hydrogens is 405 g/mol. The Balaban J connectivity index is 2.12. The lowest BCUT2D eigenvalue weighted by atomic mass is 10.0. The summed E-state index contributed by atoms with van der Waals surface area (Å²) in [7, 11) is 0. The zero-order valence-electron chi connectivity index (χ0n) is 15.5. The zero-order valence-corrected chi connectivity index (χ0v) is 16.3. The minimum atomic E-state index is -4.71. The summed E-state index contributed by atoms with van der Waals surface area (Å²) in [5.41, 5.74) is -1.81. The number of carbonyl (C=O) groups excluding carboxylic acids is 1. The molecule has 9 heteroatoms. The number of nitrogens with zero attached hydrogens (tertiary/aromatic N) is 3. The molecule has 1 amide bonds. The van der Waals surface area contributed by atoms with E-state index in [0.717, 1.165) is 6.07 Å². The normalized spacial score (nSPS) is 13.7. The number of fused-ring (bicyclic) bond motifs is 1. The van der Waals surface area contributed by atoms with Crippen molar-refractivity contribution in [1.82, 2.24) is 19.9 Å². The number of amides is 1. The first-order valence-corrected chi connectivity index (χ1v) is 8.98. The first-order chi connectivity index (χ1) is 13.6. The maximum Gasteiger partial charge on any atom is 0.433 e. The van der Waals surface area contributed by atoms with Gasteiger partial charge < -0.3 is 5.32 Å². The first kappa shape index (κ1) is 20.7. The van der Waals surface area contributed by atoms with Crippen molar-refractivity contribution in [2.75, 3.05) is 0 Å². The van der Waals surface area contributed by atoms with Crippen molar-refractivity contribution in [2.24, 2.45) is 0 Å². The Morgan fingerprint density at radius 3 is 2.48 bits per heavy atom. The number of carbonyl (C=O) groups is 1. The van der Waals surface area contributed by atoms with Crippen LogP contribution in [0, 0.1) is 12.3 Å². The van der Waals surface area contributed by atoms with Gasteiger partial charge in [0, 0.05) is 16.7 Å². The molecule has 0 bridgehead atoms. The minimum absolute atomic E-state index is 0.0790. The van der Waals surface area contributed by atoms with Gasteiger partial charge in [-0.15, -0.1) is 6.42 Å². The second kappa shape index (κ2) is 7.41. The van der Waals surface area contributed by atoms with Crippen LogP contribution in [0.15, 0.2) is 36.4 Å². The Morgan fingerprint density at radius 2 is 1.93 bits per heavy atom. The standard InChI is InChI=1S/C20H16ClF3N4O/c1-4-19(3,5-2)26-18(29)15-11-17-25-14(12-6-8-13(21)9-7-12)10-16(20(22,23)24)28(17)27-15/h1,6-11H,5H2,2-3H3,(H,26,29)/t19-/m0/s1. The molecule has 0 spiro atoms. The fourth-order valence-corrected chi connectivity index (χ4v) is 2.72. The van der Waals surface area contributed by atoms with Crippen LogP contribution in [-0.2, 0) is 6.18 Å². The molecule has 3 rings (SSSR count). The zero-order chi connectivity index (χ0) is 21.4. The smallest absolute Gasteiger partial charge is 0.335 e. The van der Waals surface area contributed by atoms with Crippen LogP contribution >= 0.6 is 11.6 Å². The summed E-state index contributed by atoms with van der Waals surface area (Å²) in [5, 5.41) is 6.87. The fourth-order valence-electron chi connectivity index (χ4n) is 2.60. The molecule has 150 valence electrons. The molecule has 29 heavy (non-hydrogen) atoms. The molecule has 2 aromatic heterocycles. The van der Waals surface area contributed by atoms with Gasteiger partial charge in [-0.25, -0.2) is 9.50 Å². The molecule has 0 aliphatic heterocycles. The van der Waals surface area contributed by atoms with Gasteiger partial charge in [-0.2, -0.15) is 18.3 Å². The predicted molar refractivity (Wildman–Crippen MR) is 103 cm³/mol. The summed E-state index contributed by atoms with van der Waals surface area (Å²) in [4.78, 5) is 16.7. The average Bonchev–Trinajstić information content (AvgIpc) is 3.11. The van der Waals surface area contributed by atoms with Crippen molar-refractivity contribution >= 4 is 23.2 Å². The van der Waals surface area contributed by atoms with Gasteiger partial charge in [-0.05, 0) is 31.5 Å². The molecule has 0 saturated carbocycles. The van der Waals surface area contributed by atoms with Crippen LogP contribution in [0.5, 0.6) is 0 Å². The van der Waals surface area contributed by atoms with Gasteiger partial charge in [-0.1, -0.05) is 36.6 Å². The SMILES string of the molecule is C#C[C@@](C)(CC)NC(=O)c1cc2nc(-c3ccc(Cl)cc3)cc(C(F)(F)F)n2n1. The summed E-state index contributed by atoms with van der Waals surface area (Å²) in [6.07, 6.45) is 1.16. The molecule has 0 fully saturated rings. The highest BCUT2D eigenvalue weighted by Gasteiger charge is 2.36. The van der Waals surface area contributed by atoms with Crippen LogP contribution in [0.1, 0.15) is 36.5 Å². The third kappa shape index (κ3) is 4.20. The van der Waals surface area contributed by atoms with Crippen LogP contribution in [0.4, 0.5) is 13.2 Å². The van der Waals surface area contributed by atoms with E-state index in [2.05, 4.69) is 21.3 Å². The van der Waals surface area contributed by atoms with Crippen LogP contribution in [0.25, 0.3) is 16.9 Å². The summed E-state index contributed by atoms with van der Waals surface area (Å²) in [6, 6.07) is 8.29. The summed E-state index contributed by atoms with van der Waals surface area (Å²) in [5.74, 6) is 1.78. The number of hydrogen-bond donors (Lipinski definition) is 1. The maximum absolute atomic E-state index is 13.6. The lowest BCUT2D eigenvalue weighted by molar-refractivity contribution is -0.142. The molecule has 0 unspecified atom stereocenters. The summed E-state index contributed by atoms with van der Waals surface area (Å²) in [6.45, 7) is 3.42. The van der Waals surface area contributed by atoms with E-state index in [1.54, 1.807) is 38.1 Å². The van der Waals surface area contributed by atoms with Crippen molar-refractivity contribution in [3.8, 4) is 23.6 Å². The second-order valence-corrected chi connectivity index (χ2v) is 7.05. The molecule has 2 heterocycles. The Hall–Kier alpha value is -3.05. The molecule has 0 radical (unpaired) electrons. The van der Waals surface area contributed by atoms with Crippen molar-refractivity contribution < 1.29 is 18.0 Å². The second-order valence-electron chi connectivity index (χ2n) is 6.61. The van der Waals surface area contributed by atoms with Crippen LogP contribution in [-0.4, -0.2) is 26.0 Å². The Morgan fingerprint density at radius 1 is 1.28 bits per heavy atom. The molecule has 1 atom stereocenters. The van der Waals surface area contributed by atoms with Crippen molar-refractivity contribution in [3.05, 3.63) is 52.8 Å². The van der Waals surface area contributed by atoms with Crippen LogP contribution in [0.3, 0.4) is 0 Å². The average molecular weight is 421 g/mol. The highest BCUT2D eigenvalue weighted by Crippen LogP contribution is 2.32. The molecule has 1 aromatic carbocycles. The van der Waals surface area contributed by atoms with E-state index in [9.17, 15) is 18.0 Å². The number of rotatable bonds is 4. The molecule has 0 aliphatic rings. The number of halogens is 4. The van der Waals surface area contributed by atoms with Gasteiger partial charge in [0.15, 0.2) is 17.0 Å². The van der Waals surface area contributed by atoms with E-state index in [0.29, 0.717) is 21.5 Å². The molecule has 0 saturated heterocycles. The fraction of sp³-hybridized carbons (Fsp3) is 0.250. The third-order valence-electron chi connectivity index (χ3n) is 4.51. The van der Waals surface area contributed by atoms with Crippen molar-refractivity contribution in [3.63, 3.8) is 0 Å².